The summed E-state index contributed by atoms with van der Waals surface area (Å²) in [7, 11) is 4.12. The Hall–Kier alpha value is -0.640. The normalized spacial score (nSPS) is 13.1. The molecule has 0 fully saturated rings. The maximum absolute atomic E-state index is 12.8. The van der Waals surface area contributed by atoms with Gasteiger partial charge in [-0.15, -0.1) is 0 Å². The average molecular weight is 259 g/mol. The summed E-state index contributed by atoms with van der Waals surface area (Å²) in [6.45, 7) is 3.86. The van der Waals surface area contributed by atoms with E-state index in [0.29, 0.717) is 17.6 Å². The molecule has 0 bridgehead atoms. The molecule has 1 rings (SSSR count). The van der Waals surface area contributed by atoms with Gasteiger partial charge in [0.05, 0.1) is 0 Å². The molecule has 1 aromatic carbocycles. The molecule has 0 saturated carbocycles. The van der Waals surface area contributed by atoms with Gasteiger partial charge in [-0.3, -0.25) is 0 Å². The minimum Gasteiger partial charge on any atom is -0.310 e. The van der Waals surface area contributed by atoms with Crippen molar-refractivity contribution in [3.8, 4) is 0 Å². The number of hydrogen-bond acceptors (Lipinski definition) is 2. The third-order valence-corrected chi connectivity index (χ3v) is 3.02. The van der Waals surface area contributed by atoms with Crippen molar-refractivity contribution >= 4 is 11.6 Å². The first-order valence-corrected chi connectivity index (χ1v) is 6.19. The zero-order valence-electron chi connectivity index (χ0n) is 10.6. The van der Waals surface area contributed by atoms with Gasteiger partial charge in [-0.1, -0.05) is 17.7 Å². The lowest BCUT2D eigenvalue weighted by molar-refractivity contribution is 0.365. The summed E-state index contributed by atoms with van der Waals surface area (Å²) in [4.78, 5) is 2.16. The SMILES string of the molecule is CC(CCN(C)C)NCc1ccc(F)cc1Cl. The summed E-state index contributed by atoms with van der Waals surface area (Å²) in [5, 5.41) is 3.86. The Balaban J connectivity index is 2.39. The zero-order valence-corrected chi connectivity index (χ0v) is 11.4. The third kappa shape index (κ3) is 5.48. The van der Waals surface area contributed by atoms with Gasteiger partial charge in [-0.25, -0.2) is 4.39 Å². The highest BCUT2D eigenvalue weighted by Crippen LogP contribution is 2.17. The van der Waals surface area contributed by atoms with Gasteiger partial charge in [0.2, 0.25) is 0 Å². The van der Waals surface area contributed by atoms with E-state index in [1.54, 1.807) is 6.07 Å². The first-order chi connectivity index (χ1) is 7.99. The second-order valence-corrected chi connectivity index (χ2v) is 5.02. The van der Waals surface area contributed by atoms with Crippen molar-refractivity contribution in [2.75, 3.05) is 20.6 Å². The molecule has 0 spiro atoms. The summed E-state index contributed by atoms with van der Waals surface area (Å²) in [6.07, 6.45) is 1.08. The number of benzene rings is 1. The molecule has 1 atom stereocenters. The van der Waals surface area contributed by atoms with Crippen LogP contribution in [0.3, 0.4) is 0 Å². The van der Waals surface area contributed by atoms with E-state index in [1.807, 2.05) is 0 Å². The van der Waals surface area contributed by atoms with Crippen molar-refractivity contribution in [3.05, 3.63) is 34.6 Å². The van der Waals surface area contributed by atoms with Crippen LogP contribution >= 0.6 is 11.6 Å². The van der Waals surface area contributed by atoms with Gasteiger partial charge < -0.3 is 10.2 Å². The average Bonchev–Trinajstić information content (AvgIpc) is 2.25. The Morgan fingerprint density at radius 3 is 2.71 bits per heavy atom. The van der Waals surface area contributed by atoms with E-state index in [-0.39, 0.29) is 5.82 Å². The van der Waals surface area contributed by atoms with Crippen LogP contribution in [0.1, 0.15) is 18.9 Å². The van der Waals surface area contributed by atoms with Crippen molar-refractivity contribution in [1.29, 1.82) is 0 Å². The van der Waals surface area contributed by atoms with Crippen LogP contribution in [0.2, 0.25) is 5.02 Å². The van der Waals surface area contributed by atoms with Crippen LogP contribution < -0.4 is 5.32 Å². The van der Waals surface area contributed by atoms with Crippen LogP contribution in [0.15, 0.2) is 18.2 Å². The van der Waals surface area contributed by atoms with Gasteiger partial charge in [0.15, 0.2) is 0 Å². The Bertz CT molecular complexity index is 355. The van der Waals surface area contributed by atoms with E-state index in [2.05, 4.69) is 31.2 Å². The van der Waals surface area contributed by atoms with E-state index in [1.165, 1.54) is 12.1 Å². The van der Waals surface area contributed by atoms with Crippen LogP contribution in [-0.2, 0) is 6.54 Å². The van der Waals surface area contributed by atoms with Gasteiger partial charge in [0.25, 0.3) is 0 Å². The van der Waals surface area contributed by atoms with Crippen molar-refractivity contribution in [1.82, 2.24) is 10.2 Å². The van der Waals surface area contributed by atoms with Crippen molar-refractivity contribution in [3.63, 3.8) is 0 Å². The van der Waals surface area contributed by atoms with E-state index >= 15 is 0 Å². The third-order valence-electron chi connectivity index (χ3n) is 2.67. The lowest BCUT2D eigenvalue weighted by Crippen LogP contribution is -2.29. The molecular formula is C13H20ClFN2. The Kier molecular flexibility index (Phi) is 5.89. The largest absolute Gasteiger partial charge is 0.310 e. The second kappa shape index (κ2) is 6.94. The highest BCUT2D eigenvalue weighted by molar-refractivity contribution is 6.31. The van der Waals surface area contributed by atoms with E-state index in [4.69, 9.17) is 11.6 Å². The smallest absolute Gasteiger partial charge is 0.124 e. The summed E-state index contributed by atoms with van der Waals surface area (Å²) in [5.41, 5.74) is 0.935. The summed E-state index contributed by atoms with van der Waals surface area (Å²) < 4.78 is 12.8. The standard InChI is InChI=1S/C13H20ClFN2/c1-10(6-7-17(2)3)16-9-11-4-5-12(15)8-13(11)14/h4-5,8,10,16H,6-7,9H2,1-3H3. The maximum Gasteiger partial charge on any atom is 0.124 e. The van der Waals surface area contributed by atoms with Crippen LogP contribution in [0.25, 0.3) is 0 Å². The van der Waals surface area contributed by atoms with Gasteiger partial charge >= 0.3 is 0 Å². The van der Waals surface area contributed by atoms with Crippen LogP contribution in [-0.4, -0.2) is 31.6 Å². The lowest BCUT2D eigenvalue weighted by atomic mass is 10.2. The predicted octanol–water partition coefficient (Wildman–Crippen LogP) is 2.91. The number of hydrogen-bond donors (Lipinski definition) is 1. The summed E-state index contributed by atoms with van der Waals surface area (Å²) >= 11 is 5.95. The van der Waals surface area contributed by atoms with Gasteiger partial charge in [0, 0.05) is 17.6 Å². The first kappa shape index (κ1) is 14.4. The molecular weight excluding hydrogens is 239 g/mol. The maximum atomic E-state index is 12.8. The zero-order chi connectivity index (χ0) is 12.8. The molecule has 2 nitrogen and oxygen atoms in total. The van der Waals surface area contributed by atoms with Crippen molar-refractivity contribution in [2.24, 2.45) is 0 Å². The molecule has 1 aromatic rings. The molecule has 96 valence electrons. The molecule has 0 aliphatic carbocycles. The first-order valence-electron chi connectivity index (χ1n) is 5.81. The van der Waals surface area contributed by atoms with Crippen LogP contribution in [0, 0.1) is 5.82 Å². The molecule has 0 aromatic heterocycles. The fourth-order valence-electron chi connectivity index (χ4n) is 1.50. The molecule has 1 unspecified atom stereocenters. The van der Waals surface area contributed by atoms with E-state index < -0.39 is 0 Å². The predicted molar refractivity (Wildman–Crippen MR) is 70.9 cm³/mol. The molecule has 0 aliphatic rings. The van der Waals surface area contributed by atoms with Crippen molar-refractivity contribution < 1.29 is 4.39 Å². The second-order valence-electron chi connectivity index (χ2n) is 4.61. The van der Waals surface area contributed by atoms with Crippen LogP contribution in [0.5, 0.6) is 0 Å². The molecule has 0 amide bonds. The summed E-state index contributed by atoms with van der Waals surface area (Å²) in [6, 6.07) is 4.93. The van der Waals surface area contributed by atoms with Gasteiger partial charge in [-0.05, 0) is 51.7 Å². The molecule has 0 aliphatic heterocycles. The lowest BCUT2D eigenvalue weighted by Gasteiger charge is -2.17. The number of nitrogens with one attached hydrogen (secondary N) is 1. The molecule has 0 heterocycles. The van der Waals surface area contributed by atoms with Crippen molar-refractivity contribution in [2.45, 2.75) is 25.9 Å². The Labute approximate surface area is 108 Å². The molecule has 0 saturated heterocycles. The topological polar surface area (TPSA) is 15.3 Å². The summed E-state index contributed by atoms with van der Waals surface area (Å²) in [5.74, 6) is -0.292. The minimum atomic E-state index is -0.292. The fourth-order valence-corrected chi connectivity index (χ4v) is 1.74. The molecule has 17 heavy (non-hydrogen) atoms. The molecule has 1 N–H and O–H groups in total. The van der Waals surface area contributed by atoms with Crippen LogP contribution in [0.4, 0.5) is 4.39 Å². The monoisotopic (exact) mass is 258 g/mol. The molecule has 0 radical (unpaired) electrons. The fraction of sp³-hybridized carbons (Fsp3) is 0.538. The number of nitrogens with zero attached hydrogens (tertiary/aromatic N) is 1. The quantitative estimate of drug-likeness (QED) is 0.844. The number of halogens is 2. The highest BCUT2D eigenvalue weighted by Gasteiger charge is 2.05. The molecule has 4 heteroatoms. The van der Waals surface area contributed by atoms with Gasteiger partial charge in [0.1, 0.15) is 5.82 Å². The minimum absolute atomic E-state index is 0.292. The Morgan fingerprint density at radius 1 is 1.41 bits per heavy atom. The highest BCUT2D eigenvalue weighted by atomic mass is 35.5. The van der Waals surface area contributed by atoms with Gasteiger partial charge in [-0.2, -0.15) is 0 Å². The Morgan fingerprint density at radius 2 is 2.12 bits per heavy atom. The van der Waals surface area contributed by atoms with E-state index in [9.17, 15) is 4.39 Å². The number of rotatable bonds is 6. The van der Waals surface area contributed by atoms with E-state index in [0.717, 1.165) is 18.5 Å².